The first kappa shape index (κ1) is 12.3. The van der Waals surface area contributed by atoms with E-state index in [0.29, 0.717) is 0 Å². The third kappa shape index (κ3) is 3.40. The molecule has 2 heterocycles. The molecule has 2 aromatic heterocycles. The van der Waals surface area contributed by atoms with Crippen LogP contribution in [0.4, 0.5) is 5.82 Å². The van der Waals surface area contributed by atoms with E-state index in [9.17, 15) is 0 Å². The second-order valence-corrected chi connectivity index (χ2v) is 5.03. The summed E-state index contributed by atoms with van der Waals surface area (Å²) >= 11 is 1.93. The van der Waals surface area contributed by atoms with Crippen LogP contribution in [0.25, 0.3) is 5.65 Å². The van der Waals surface area contributed by atoms with Crippen molar-refractivity contribution >= 4 is 23.2 Å². The van der Waals surface area contributed by atoms with Gasteiger partial charge in [0.1, 0.15) is 11.5 Å². The smallest absolute Gasteiger partial charge is 0.138 e. The first-order valence-corrected chi connectivity index (χ1v) is 7.46. The van der Waals surface area contributed by atoms with Crippen LogP contribution >= 0.6 is 11.8 Å². The number of hydrogen-bond donors (Lipinski definition) is 1. The van der Waals surface area contributed by atoms with Gasteiger partial charge in [0.05, 0.1) is 0 Å². The molecule has 2 aromatic rings. The number of thioether (sulfide) groups is 1. The molecule has 0 aromatic carbocycles. The van der Waals surface area contributed by atoms with Gasteiger partial charge in [0.15, 0.2) is 0 Å². The number of aromatic nitrogens is 2. The Kier molecular flexibility index (Phi) is 4.74. The molecule has 0 radical (unpaired) electrons. The Balaban J connectivity index is 1.80. The second kappa shape index (κ2) is 6.55. The molecule has 0 fully saturated rings. The summed E-state index contributed by atoms with van der Waals surface area (Å²) in [6, 6.07) is 6.15. The molecule has 0 atom stereocenters. The highest BCUT2D eigenvalue weighted by atomic mass is 32.2. The fourth-order valence-corrected chi connectivity index (χ4v) is 2.35. The molecule has 3 nitrogen and oxygen atoms in total. The van der Waals surface area contributed by atoms with Crippen LogP contribution in [-0.4, -0.2) is 27.9 Å². The molecule has 0 bridgehead atoms. The Morgan fingerprint density at radius 2 is 2.24 bits per heavy atom. The summed E-state index contributed by atoms with van der Waals surface area (Å²) in [4.78, 5) is 4.27. The van der Waals surface area contributed by atoms with Gasteiger partial charge in [-0.1, -0.05) is 12.5 Å². The number of pyridine rings is 1. The Hall–Kier alpha value is -1.16. The summed E-state index contributed by atoms with van der Waals surface area (Å²) in [7, 11) is 0. The van der Waals surface area contributed by atoms with E-state index < -0.39 is 0 Å². The lowest BCUT2D eigenvalue weighted by molar-refractivity contribution is 0.747. The van der Waals surface area contributed by atoms with Crippen LogP contribution in [0.3, 0.4) is 0 Å². The molecular weight excluding hydrogens is 230 g/mol. The standard InChI is InChI=1S/C13H19N3S/c1-17-11-4-2-3-8-14-12-6-5-7-13-15-9-10-16(12)13/h5-7,9-10,14H,2-4,8,11H2,1H3. The molecule has 4 heteroatoms. The summed E-state index contributed by atoms with van der Waals surface area (Å²) in [5.74, 6) is 2.40. The minimum atomic E-state index is 0.998. The molecule has 0 aliphatic carbocycles. The predicted molar refractivity (Wildman–Crippen MR) is 75.9 cm³/mol. The van der Waals surface area contributed by atoms with Crippen LogP contribution in [0.2, 0.25) is 0 Å². The fourth-order valence-electron chi connectivity index (χ4n) is 1.86. The summed E-state index contributed by atoms with van der Waals surface area (Å²) in [6.45, 7) is 1.03. The molecular formula is C13H19N3S. The molecule has 92 valence electrons. The van der Waals surface area contributed by atoms with Crippen molar-refractivity contribution in [2.75, 3.05) is 23.9 Å². The SMILES string of the molecule is CSCCCCCNc1cccc2nccn12. The Morgan fingerprint density at radius 3 is 3.12 bits per heavy atom. The number of anilines is 1. The highest BCUT2D eigenvalue weighted by molar-refractivity contribution is 7.98. The highest BCUT2D eigenvalue weighted by Gasteiger charge is 1.98. The zero-order chi connectivity index (χ0) is 11.9. The number of rotatable bonds is 7. The molecule has 0 saturated heterocycles. The van der Waals surface area contributed by atoms with Gasteiger partial charge in [-0.2, -0.15) is 11.8 Å². The van der Waals surface area contributed by atoms with Gasteiger partial charge in [-0.25, -0.2) is 4.98 Å². The highest BCUT2D eigenvalue weighted by Crippen LogP contribution is 2.11. The summed E-state index contributed by atoms with van der Waals surface area (Å²) in [5.41, 5.74) is 0.998. The van der Waals surface area contributed by atoms with Crippen molar-refractivity contribution in [2.24, 2.45) is 0 Å². The molecule has 1 N–H and O–H groups in total. The second-order valence-electron chi connectivity index (χ2n) is 4.05. The average Bonchev–Trinajstić information content (AvgIpc) is 2.82. The Labute approximate surface area is 107 Å². The number of nitrogens with one attached hydrogen (secondary N) is 1. The van der Waals surface area contributed by atoms with Crippen molar-refractivity contribution in [3.8, 4) is 0 Å². The van der Waals surface area contributed by atoms with Crippen LogP contribution in [-0.2, 0) is 0 Å². The van der Waals surface area contributed by atoms with Gasteiger partial charge in [0.25, 0.3) is 0 Å². The van der Waals surface area contributed by atoms with Gasteiger partial charge in [-0.15, -0.1) is 0 Å². The van der Waals surface area contributed by atoms with E-state index in [1.54, 1.807) is 0 Å². The van der Waals surface area contributed by atoms with Gasteiger partial charge in [0.2, 0.25) is 0 Å². The molecule has 0 unspecified atom stereocenters. The minimum Gasteiger partial charge on any atom is -0.371 e. The van der Waals surface area contributed by atoms with Gasteiger partial charge in [-0.3, -0.25) is 4.40 Å². The molecule has 0 amide bonds. The zero-order valence-corrected chi connectivity index (χ0v) is 11.0. The van der Waals surface area contributed by atoms with E-state index in [0.717, 1.165) is 18.0 Å². The van der Waals surface area contributed by atoms with Gasteiger partial charge < -0.3 is 5.32 Å². The molecule has 0 aliphatic heterocycles. The van der Waals surface area contributed by atoms with Crippen LogP contribution in [0.5, 0.6) is 0 Å². The van der Waals surface area contributed by atoms with Crippen molar-refractivity contribution < 1.29 is 0 Å². The van der Waals surface area contributed by atoms with E-state index >= 15 is 0 Å². The lowest BCUT2D eigenvalue weighted by atomic mass is 10.2. The van der Waals surface area contributed by atoms with E-state index in [2.05, 4.69) is 27.0 Å². The minimum absolute atomic E-state index is 0.998. The third-order valence-corrected chi connectivity index (χ3v) is 3.46. The molecule has 17 heavy (non-hydrogen) atoms. The quantitative estimate of drug-likeness (QED) is 0.764. The Morgan fingerprint density at radius 1 is 1.29 bits per heavy atom. The normalized spacial score (nSPS) is 10.9. The van der Waals surface area contributed by atoms with Gasteiger partial charge in [0, 0.05) is 18.9 Å². The lowest BCUT2D eigenvalue weighted by Gasteiger charge is -2.08. The summed E-state index contributed by atoms with van der Waals surface area (Å²) in [5, 5.41) is 3.47. The van der Waals surface area contributed by atoms with Gasteiger partial charge >= 0.3 is 0 Å². The number of hydrogen-bond acceptors (Lipinski definition) is 3. The van der Waals surface area contributed by atoms with Crippen molar-refractivity contribution in [1.29, 1.82) is 0 Å². The van der Waals surface area contributed by atoms with E-state index in [1.807, 2.05) is 36.3 Å². The van der Waals surface area contributed by atoms with Gasteiger partial charge in [-0.05, 0) is 37.0 Å². The number of imidazole rings is 1. The fraction of sp³-hybridized carbons (Fsp3) is 0.462. The van der Waals surface area contributed by atoms with Crippen LogP contribution in [0.15, 0.2) is 30.6 Å². The largest absolute Gasteiger partial charge is 0.371 e. The van der Waals surface area contributed by atoms with E-state index in [-0.39, 0.29) is 0 Å². The van der Waals surface area contributed by atoms with Crippen molar-refractivity contribution in [3.63, 3.8) is 0 Å². The number of nitrogens with zero attached hydrogens (tertiary/aromatic N) is 2. The van der Waals surface area contributed by atoms with Crippen LogP contribution in [0.1, 0.15) is 19.3 Å². The summed E-state index contributed by atoms with van der Waals surface area (Å²) in [6.07, 6.45) is 9.83. The maximum atomic E-state index is 4.27. The maximum absolute atomic E-state index is 4.27. The Bertz CT molecular complexity index is 453. The summed E-state index contributed by atoms with van der Waals surface area (Å²) < 4.78 is 2.09. The van der Waals surface area contributed by atoms with Crippen molar-refractivity contribution in [3.05, 3.63) is 30.6 Å². The van der Waals surface area contributed by atoms with E-state index in [4.69, 9.17) is 0 Å². The molecule has 2 rings (SSSR count). The lowest BCUT2D eigenvalue weighted by Crippen LogP contribution is -2.05. The van der Waals surface area contributed by atoms with Crippen LogP contribution < -0.4 is 5.32 Å². The topological polar surface area (TPSA) is 29.3 Å². The molecule has 0 aliphatic rings. The predicted octanol–water partition coefficient (Wildman–Crippen LogP) is 3.28. The van der Waals surface area contributed by atoms with E-state index in [1.165, 1.54) is 25.0 Å². The monoisotopic (exact) mass is 249 g/mol. The van der Waals surface area contributed by atoms with Crippen molar-refractivity contribution in [1.82, 2.24) is 9.38 Å². The van der Waals surface area contributed by atoms with Crippen molar-refractivity contribution in [2.45, 2.75) is 19.3 Å². The molecule has 0 spiro atoms. The third-order valence-electron chi connectivity index (χ3n) is 2.76. The number of fused-ring (bicyclic) bond motifs is 1. The van der Waals surface area contributed by atoms with Crippen LogP contribution in [0, 0.1) is 0 Å². The maximum Gasteiger partial charge on any atom is 0.138 e. The number of unbranched alkanes of at least 4 members (excludes halogenated alkanes) is 2. The average molecular weight is 249 g/mol. The molecule has 0 saturated carbocycles. The first-order valence-electron chi connectivity index (χ1n) is 6.07. The first-order chi connectivity index (χ1) is 8.42. The zero-order valence-electron chi connectivity index (χ0n) is 10.2.